The molecule has 0 fully saturated rings. The van der Waals surface area contributed by atoms with Crippen molar-refractivity contribution in [1.29, 1.82) is 0 Å². The molecule has 0 saturated carbocycles. The highest BCUT2D eigenvalue weighted by molar-refractivity contribution is 4.72. The van der Waals surface area contributed by atoms with Gasteiger partial charge in [0.05, 0.1) is 5.60 Å². The van der Waals surface area contributed by atoms with E-state index in [1.54, 1.807) is 0 Å². The van der Waals surface area contributed by atoms with Gasteiger partial charge in [0.2, 0.25) is 0 Å². The van der Waals surface area contributed by atoms with Crippen LogP contribution in [0.2, 0.25) is 0 Å². The molecule has 0 heterocycles. The molecule has 1 atom stereocenters. The molecule has 14 heavy (non-hydrogen) atoms. The van der Waals surface area contributed by atoms with Crippen molar-refractivity contribution in [2.24, 2.45) is 0 Å². The van der Waals surface area contributed by atoms with E-state index < -0.39 is 5.60 Å². The second-order valence-corrected chi connectivity index (χ2v) is 4.44. The van der Waals surface area contributed by atoms with E-state index in [4.69, 9.17) is 0 Å². The van der Waals surface area contributed by atoms with E-state index in [1.807, 2.05) is 13.8 Å². The van der Waals surface area contributed by atoms with Gasteiger partial charge in [-0.25, -0.2) is 0 Å². The first-order chi connectivity index (χ1) is 6.62. The Morgan fingerprint density at radius 3 is 2.29 bits per heavy atom. The van der Waals surface area contributed by atoms with Gasteiger partial charge in [0.25, 0.3) is 0 Å². The van der Waals surface area contributed by atoms with Crippen molar-refractivity contribution in [3.63, 3.8) is 0 Å². The normalized spacial score (nSPS) is 15.4. The molecule has 0 amide bonds. The van der Waals surface area contributed by atoms with Crippen molar-refractivity contribution >= 4 is 0 Å². The smallest absolute Gasteiger partial charge is 0.0740 e. The Kier molecular flexibility index (Phi) is 8.20. The van der Waals surface area contributed by atoms with Gasteiger partial charge in [0.15, 0.2) is 0 Å². The van der Waals surface area contributed by atoms with Crippen LogP contribution in [0.4, 0.5) is 0 Å². The summed E-state index contributed by atoms with van der Waals surface area (Å²) in [7, 11) is 0. The van der Waals surface area contributed by atoms with E-state index in [2.05, 4.69) is 12.2 Å². The monoisotopic (exact) mass is 201 g/mol. The van der Waals surface area contributed by atoms with Crippen LogP contribution < -0.4 is 5.32 Å². The third kappa shape index (κ3) is 8.52. The summed E-state index contributed by atoms with van der Waals surface area (Å²) in [4.78, 5) is 0. The van der Waals surface area contributed by atoms with Crippen LogP contribution in [0.15, 0.2) is 0 Å². The van der Waals surface area contributed by atoms with Crippen molar-refractivity contribution in [2.45, 2.75) is 64.9 Å². The average Bonchev–Trinajstić information content (AvgIpc) is 2.16. The number of hydrogen-bond acceptors (Lipinski definition) is 2. The molecule has 86 valence electrons. The van der Waals surface area contributed by atoms with Gasteiger partial charge in [-0.3, -0.25) is 0 Å². The van der Waals surface area contributed by atoms with Crippen molar-refractivity contribution in [2.75, 3.05) is 13.1 Å². The molecule has 0 saturated heterocycles. The summed E-state index contributed by atoms with van der Waals surface area (Å²) in [5.74, 6) is 0. The Hall–Kier alpha value is -0.0800. The topological polar surface area (TPSA) is 32.3 Å². The molecule has 2 heteroatoms. The maximum atomic E-state index is 9.70. The van der Waals surface area contributed by atoms with Crippen LogP contribution >= 0.6 is 0 Å². The Balaban J connectivity index is 3.13. The lowest BCUT2D eigenvalue weighted by Crippen LogP contribution is -2.37. The van der Waals surface area contributed by atoms with Crippen LogP contribution in [0.3, 0.4) is 0 Å². The van der Waals surface area contributed by atoms with Gasteiger partial charge in [-0.1, -0.05) is 39.5 Å². The highest BCUT2D eigenvalue weighted by atomic mass is 16.3. The Bertz CT molecular complexity index is 123. The van der Waals surface area contributed by atoms with E-state index in [1.165, 1.54) is 32.1 Å². The average molecular weight is 201 g/mol. The van der Waals surface area contributed by atoms with Crippen LogP contribution in [-0.4, -0.2) is 23.8 Å². The first-order valence-corrected chi connectivity index (χ1v) is 6.05. The summed E-state index contributed by atoms with van der Waals surface area (Å²) < 4.78 is 0. The fourth-order valence-corrected chi connectivity index (χ4v) is 1.34. The fourth-order valence-electron chi connectivity index (χ4n) is 1.34. The van der Waals surface area contributed by atoms with Gasteiger partial charge in [0.1, 0.15) is 0 Å². The number of nitrogens with one attached hydrogen (secondary N) is 1. The molecule has 1 unspecified atom stereocenters. The van der Waals surface area contributed by atoms with Crippen molar-refractivity contribution in [3.05, 3.63) is 0 Å². The molecular formula is C12H27NO. The van der Waals surface area contributed by atoms with E-state index in [9.17, 15) is 5.11 Å². The third-order valence-corrected chi connectivity index (χ3v) is 2.72. The summed E-state index contributed by atoms with van der Waals surface area (Å²) >= 11 is 0. The SMILES string of the molecule is CCCCCCCNCC(C)(O)CC. The Labute approximate surface area is 89.1 Å². The van der Waals surface area contributed by atoms with Crippen LogP contribution in [0, 0.1) is 0 Å². The summed E-state index contributed by atoms with van der Waals surface area (Å²) in [5.41, 5.74) is -0.524. The summed E-state index contributed by atoms with van der Waals surface area (Å²) in [6.07, 6.45) is 7.37. The maximum absolute atomic E-state index is 9.70. The molecular weight excluding hydrogens is 174 g/mol. The molecule has 0 aromatic rings. The zero-order valence-electron chi connectivity index (χ0n) is 10.1. The zero-order valence-corrected chi connectivity index (χ0v) is 10.1. The minimum atomic E-state index is -0.524. The predicted octanol–water partition coefficient (Wildman–Crippen LogP) is 2.71. The second kappa shape index (κ2) is 8.25. The highest BCUT2D eigenvalue weighted by Crippen LogP contribution is 2.06. The number of unbranched alkanes of at least 4 members (excludes halogenated alkanes) is 4. The molecule has 0 aliphatic heterocycles. The Morgan fingerprint density at radius 1 is 1.07 bits per heavy atom. The standard InChI is InChI=1S/C12H27NO/c1-4-6-7-8-9-10-13-11-12(3,14)5-2/h13-14H,4-11H2,1-3H3. The molecule has 2 nitrogen and oxygen atoms in total. The number of aliphatic hydroxyl groups is 1. The van der Waals surface area contributed by atoms with Gasteiger partial charge in [-0.15, -0.1) is 0 Å². The van der Waals surface area contributed by atoms with Gasteiger partial charge in [-0.05, 0) is 26.3 Å². The van der Waals surface area contributed by atoms with Crippen LogP contribution in [0.25, 0.3) is 0 Å². The zero-order chi connectivity index (χ0) is 10.9. The van der Waals surface area contributed by atoms with Crippen molar-refractivity contribution < 1.29 is 5.11 Å². The molecule has 0 aliphatic rings. The van der Waals surface area contributed by atoms with E-state index >= 15 is 0 Å². The first kappa shape index (κ1) is 13.9. The minimum Gasteiger partial charge on any atom is -0.389 e. The van der Waals surface area contributed by atoms with E-state index in [0.717, 1.165) is 19.5 Å². The lowest BCUT2D eigenvalue weighted by molar-refractivity contribution is 0.0559. The molecule has 0 aromatic heterocycles. The highest BCUT2D eigenvalue weighted by Gasteiger charge is 2.15. The fraction of sp³-hybridized carbons (Fsp3) is 1.00. The Morgan fingerprint density at radius 2 is 1.71 bits per heavy atom. The van der Waals surface area contributed by atoms with Crippen LogP contribution in [0.1, 0.15) is 59.3 Å². The quantitative estimate of drug-likeness (QED) is 0.562. The third-order valence-electron chi connectivity index (χ3n) is 2.72. The van der Waals surface area contributed by atoms with Gasteiger partial charge >= 0.3 is 0 Å². The van der Waals surface area contributed by atoms with Crippen molar-refractivity contribution in [3.8, 4) is 0 Å². The molecule has 0 radical (unpaired) electrons. The summed E-state index contributed by atoms with van der Waals surface area (Å²) in [6.45, 7) is 7.90. The molecule has 0 aliphatic carbocycles. The molecule has 0 rings (SSSR count). The second-order valence-electron chi connectivity index (χ2n) is 4.44. The summed E-state index contributed by atoms with van der Waals surface area (Å²) in [6, 6.07) is 0. The van der Waals surface area contributed by atoms with Crippen molar-refractivity contribution in [1.82, 2.24) is 5.32 Å². The number of rotatable bonds is 9. The molecule has 0 bridgehead atoms. The van der Waals surface area contributed by atoms with E-state index in [0.29, 0.717) is 0 Å². The lowest BCUT2D eigenvalue weighted by atomic mass is 10.0. The minimum absolute atomic E-state index is 0.524. The van der Waals surface area contributed by atoms with E-state index in [-0.39, 0.29) is 0 Å². The van der Waals surface area contributed by atoms with Crippen LogP contribution in [0.5, 0.6) is 0 Å². The van der Waals surface area contributed by atoms with Gasteiger partial charge in [-0.2, -0.15) is 0 Å². The molecule has 0 aromatic carbocycles. The number of hydrogen-bond donors (Lipinski definition) is 2. The summed E-state index contributed by atoms with van der Waals surface area (Å²) in [5, 5.41) is 13.0. The van der Waals surface area contributed by atoms with Gasteiger partial charge < -0.3 is 10.4 Å². The first-order valence-electron chi connectivity index (χ1n) is 6.05. The predicted molar refractivity (Wildman–Crippen MR) is 62.5 cm³/mol. The van der Waals surface area contributed by atoms with Gasteiger partial charge in [0, 0.05) is 6.54 Å². The van der Waals surface area contributed by atoms with Crippen LogP contribution in [-0.2, 0) is 0 Å². The molecule has 0 spiro atoms. The molecule has 2 N–H and O–H groups in total. The largest absolute Gasteiger partial charge is 0.389 e. The maximum Gasteiger partial charge on any atom is 0.0740 e. The lowest BCUT2D eigenvalue weighted by Gasteiger charge is -2.21.